The second-order valence-corrected chi connectivity index (χ2v) is 6.35. The summed E-state index contributed by atoms with van der Waals surface area (Å²) in [6, 6.07) is 10.1. The van der Waals surface area contributed by atoms with Crippen LogP contribution in [-0.2, 0) is 6.54 Å². The minimum absolute atomic E-state index is 0.519. The normalized spacial score (nSPS) is 10.3. The maximum absolute atomic E-state index is 6.01. The SMILES string of the molecule is Cc1ccc(CNC(=S)Nc2nc(C)c(Cl)cc2Br)cc1. The van der Waals surface area contributed by atoms with Gasteiger partial charge in [0.1, 0.15) is 5.82 Å². The molecule has 1 aromatic carbocycles. The van der Waals surface area contributed by atoms with Crippen molar-refractivity contribution in [3.63, 3.8) is 0 Å². The number of rotatable bonds is 3. The van der Waals surface area contributed by atoms with Crippen molar-refractivity contribution in [3.8, 4) is 0 Å². The number of hydrogen-bond donors (Lipinski definition) is 2. The van der Waals surface area contributed by atoms with Crippen molar-refractivity contribution < 1.29 is 0 Å². The van der Waals surface area contributed by atoms with Gasteiger partial charge in [0.2, 0.25) is 0 Å². The first-order chi connectivity index (χ1) is 9.95. The molecule has 6 heteroatoms. The molecule has 2 rings (SSSR count). The smallest absolute Gasteiger partial charge is 0.172 e. The van der Waals surface area contributed by atoms with E-state index in [0.29, 0.717) is 22.5 Å². The van der Waals surface area contributed by atoms with Gasteiger partial charge in [0, 0.05) is 6.54 Å². The molecule has 0 aliphatic rings. The van der Waals surface area contributed by atoms with Crippen molar-refractivity contribution in [2.45, 2.75) is 20.4 Å². The van der Waals surface area contributed by atoms with E-state index in [0.717, 1.165) is 10.2 Å². The van der Waals surface area contributed by atoms with Gasteiger partial charge in [0.25, 0.3) is 0 Å². The van der Waals surface area contributed by atoms with Gasteiger partial charge in [-0.2, -0.15) is 0 Å². The minimum atomic E-state index is 0.519. The summed E-state index contributed by atoms with van der Waals surface area (Å²) < 4.78 is 0.776. The summed E-state index contributed by atoms with van der Waals surface area (Å²) in [5.74, 6) is 0.651. The minimum Gasteiger partial charge on any atom is -0.358 e. The van der Waals surface area contributed by atoms with Crippen molar-refractivity contribution in [1.82, 2.24) is 10.3 Å². The predicted octanol–water partition coefficient (Wildman–Crippen LogP) is 4.60. The molecule has 0 spiro atoms. The fraction of sp³-hybridized carbons (Fsp3) is 0.200. The first-order valence-corrected chi connectivity index (χ1v) is 7.96. The van der Waals surface area contributed by atoms with Gasteiger partial charge in [0.05, 0.1) is 15.2 Å². The second kappa shape index (κ2) is 7.20. The molecule has 0 aliphatic heterocycles. The van der Waals surface area contributed by atoms with E-state index in [1.54, 1.807) is 6.07 Å². The standard InChI is InChI=1S/C15H15BrClN3S/c1-9-3-5-11(6-4-9)8-18-15(21)20-14-12(16)7-13(17)10(2)19-14/h3-7H,8H2,1-2H3,(H2,18,19,20,21). The summed E-state index contributed by atoms with van der Waals surface area (Å²) in [4.78, 5) is 4.36. The molecule has 21 heavy (non-hydrogen) atoms. The summed E-state index contributed by atoms with van der Waals surface area (Å²) in [5, 5.41) is 7.35. The van der Waals surface area contributed by atoms with E-state index < -0.39 is 0 Å². The number of thiocarbonyl (C=S) groups is 1. The fourth-order valence-electron chi connectivity index (χ4n) is 1.69. The second-order valence-electron chi connectivity index (χ2n) is 4.68. The number of hydrogen-bond acceptors (Lipinski definition) is 2. The number of benzene rings is 1. The maximum atomic E-state index is 6.01. The zero-order valence-electron chi connectivity index (χ0n) is 11.7. The van der Waals surface area contributed by atoms with Crippen LogP contribution in [0.15, 0.2) is 34.8 Å². The first kappa shape index (κ1) is 16.2. The fourth-order valence-corrected chi connectivity index (χ4v) is 2.55. The number of aromatic nitrogens is 1. The van der Waals surface area contributed by atoms with Gasteiger partial charge in [-0.3, -0.25) is 0 Å². The lowest BCUT2D eigenvalue weighted by atomic mass is 10.1. The Kier molecular flexibility index (Phi) is 5.56. The van der Waals surface area contributed by atoms with Crippen molar-refractivity contribution in [3.05, 3.63) is 56.6 Å². The van der Waals surface area contributed by atoms with E-state index in [2.05, 4.69) is 62.7 Å². The predicted molar refractivity (Wildman–Crippen MR) is 95.9 cm³/mol. The van der Waals surface area contributed by atoms with E-state index >= 15 is 0 Å². The lowest BCUT2D eigenvalue weighted by Crippen LogP contribution is -2.28. The lowest BCUT2D eigenvalue weighted by Gasteiger charge is -2.12. The highest BCUT2D eigenvalue weighted by molar-refractivity contribution is 9.10. The zero-order chi connectivity index (χ0) is 15.4. The maximum Gasteiger partial charge on any atom is 0.172 e. The quantitative estimate of drug-likeness (QED) is 0.758. The molecule has 0 amide bonds. The average Bonchev–Trinajstić information content (AvgIpc) is 2.44. The summed E-state index contributed by atoms with van der Waals surface area (Å²) in [7, 11) is 0. The molecule has 0 fully saturated rings. The average molecular weight is 385 g/mol. The Morgan fingerprint density at radius 3 is 2.62 bits per heavy atom. The van der Waals surface area contributed by atoms with Gasteiger partial charge in [-0.25, -0.2) is 4.98 Å². The molecule has 0 unspecified atom stereocenters. The molecule has 0 aliphatic carbocycles. The van der Waals surface area contributed by atoms with E-state index in [1.165, 1.54) is 11.1 Å². The summed E-state index contributed by atoms with van der Waals surface area (Å²) in [5.41, 5.74) is 3.16. The molecule has 2 N–H and O–H groups in total. The number of halogens is 2. The third-order valence-corrected chi connectivity index (χ3v) is 4.14. The Morgan fingerprint density at radius 2 is 1.95 bits per heavy atom. The van der Waals surface area contributed by atoms with Crippen LogP contribution in [0.25, 0.3) is 0 Å². The largest absolute Gasteiger partial charge is 0.358 e. The topological polar surface area (TPSA) is 37.0 Å². The molecule has 0 atom stereocenters. The van der Waals surface area contributed by atoms with E-state index in [-0.39, 0.29) is 0 Å². The van der Waals surface area contributed by atoms with E-state index in [9.17, 15) is 0 Å². The van der Waals surface area contributed by atoms with Crippen LogP contribution in [0.3, 0.4) is 0 Å². The van der Waals surface area contributed by atoms with Crippen LogP contribution in [0.5, 0.6) is 0 Å². The van der Waals surface area contributed by atoms with Crippen molar-refractivity contribution in [1.29, 1.82) is 0 Å². The van der Waals surface area contributed by atoms with Crippen LogP contribution in [0.2, 0.25) is 5.02 Å². The van der Waals surface area contributed by atoms with Crippen molar-refractivity contribution in [2.24, 2.45) is 0 Å². The molecule has 3 nitrogen and oxygen atoms in total. The Labute approximate surface area is 143 Å². The molecule has 110 valence electrons. The molecule has 0 bridgehead atoms. The summed E-state index contributed by atoms with van der Waals surface area (Å²) in [6.07, 6.45) is 0. The van der Waals surface area contributed by atoms with Crippen LogP contribution in [0.4, 0.5) is 5.82 Å². The zero-order valence-corrected chi connectivity index (χ0v) is 14.9. The van der Waals surface area contributed by atoms with Gasteiger partial charge >= 0.3 is 0 Å². The van der Waals surface area contributed by atoms with Gasteiger partial charge in [-0.05, 0) is 53.6 Å². The monoisotopic (exact) mass is 383 g/mol. The van der Waals surface area contributed by atoms with Crippen LogP contribution < -0.4 is 10.6 Å². The molecule has 2 aromatic rings. The summed E-state index contributed by atoms with van der Waals surface area (Å²) in [6.45, 7) is 4.58. The van der Waals surface area contributed by atoms with Crippen LogP contribution in [0.1, 0.15) is 16.8 Å². The molecular weight excluding hydrogens is 370 g/mol. The van der Waals surface area contributed by atoms with E-state index in [4.69, 9.17) is 23.8 Å². The van der Waals surface area contributed by atoms with Gasteiger partial charge < -0.3 is 10.6 Å². The first-order valence-electron chi connectivity index (χ1n) is 6.39. The molecule has 1 aromatic heterocycles. The third-order valence-electron chi connectivity index (χ3n) is 2.91. The van der Waals surface area contributed by atoms with Crippen LogP contribution in [-0.4, -0.2) is 10.1 Å². The highest BCUT2D eigenvalue weighted by atomic mass is 79.9. The number of pyridine rings is 1. The molecular formula is C15H15BrClN3S. The number of nitrogens with one attached hydrogen (secondary N) is 2. The number of aryl methyl sites for hydroxylation is 2. The van der Waals surface area contributed by atoms with Gasteiger partial charge in [-0.15, -0.1) is 0 Å². The molecule has 0 radical (unpaired) electrons. The number of nitrogens with zero attached hydrogens (tertiary/aromatic N) is 1. The van der Waals surface area contributed by atoms with Gasteiger partial charge in [0.15, 0.2) is 5.11 Å². The van der Waals surface area contributed by atoms with Crippen molar-refractivity contribution in [2.75, 3.05) is 5.32 Å². The Bertz CT molecular complexity index is 659. The van der Waals surface area contributed by atoms with E-state index in [1.807, 2.05) is 6.92 Å². The molecule has 0 saturated heterocycles. The molecule has 0 saturated carbocycles. The summed E-state index contributed by atoms with van der Waals surface area (Å²) >= 11 is 14.7. The third kappa shape index (κ3) is 4.66. The lowest BCUT2D eigenvalue weighted by molar-refractivity contribution is 0.923. The Morgan fingerprint density at radius 1 is 1.29 bits per heavy atom. The highest BCUT2D eigenvalue weighted by Gasteiger charge is 2.07. The van der Waals surface area contributed by atoms with Gasteiger partial charge in [-0.1, -0.05) is 41.4 Å². The van der Waals surface area contributed by atoms with Crippen LogP contribution in [0, 0.1) is 13.8 Å². The van der Waals surface area contributed by atoms with Crippen LogP contribution >= 0.6 is 39.7 Å². The number of anilines is 1. The highest BCUT2D eigenvalue weighted by Crippen LogP contribution is 2.25. The Hall–Kier alpha value is -1.17. The molecule has 1 heterocycles. The Balaban J connectivity index is 1.96. The van der Waals surface area contributed by atoms with Crippen molar-refractivity contribution >= 4 is 50.7 Å².